The van der Waals surface area contributed by atoms with Gasteiger partial charge in [-0.15, -0.1) is 0 Å². The van der Waals surface area contributed by atoms with Crippen LogP contribution in [0.25, 0.3) is 11.1 Å². The quantitative estimate of drug-likeness (QED) is 0.739. The van der Waals surface area contributed by atoms with Crippen molar-refractivity contribution < 1.29 is 8.83 Å². The lowest BCUT2D eigenvalue weighted by atomic mass is 10.0. The van der Waals surface area contributed by atoms with Gasteiger partial charge in [-0.3, -0.25) is 4.98 Å². The van der Waals surface area contributed by atoms with Gasteiger partial charge in [0.2, 0.25) is 0 Å². The van der Waals surface area contributed by atoms with Gasteiger partial charge in [0.1, 0.15) is 0 Å². The molecule has 2 aromatic heterocycles. The molecule has 3 rings (SSSR count). The third-order valence-electron chi connectivity index (χ3n) is 2.94. The number of nitrogens with one attached hydrogen (secondary N) is 2. The normalized spacial score (nSPS) is 12.9. The number of H-pyrrole nitrogens is 1. The van der Waals surface area contributed by atoms with E-state index >= 15 is 0 Å². The number of furan rings is 1. The van der Waals surface area contributed by atoms with Gasteiger partial charge < -0.3 is 14.2 Å². The van der Waals surface area contributed by atoms with Gasteiger partial charge in [0.15, 0.2) is 5.58 Å². The Hall–Kier alpha value is -2.27. The highest BCUT2D eigenvalue weighted by molar-refractivity contribution is 5.73. The molecule has 0 radical (unpaired) electrons. The molecule has 0 fully saturated rings. The Morgan fingerprint density at radius 2 is 2.17 bits per heavy atom. The first kappa shape index (κ1) is 10.9. The van der Waals surface area contributed by atoms with Gasteiger partial charge in [0.05, 0.1) is 24.1 Å². The fraction of sp³-hybridized carbons (Fsp3) is 0.154. The molecule has 3 aromatic rings. The summed E-state index contributed by atoms with van der Waals surface area (Å²) in [5.41, 5.74) is 3.29. The largest absolute Gasteiger partial charge is 0.472 e. The number of aromatic amines is 1. The number of hydrogen-bond donors (Lipinski definition) is 2. The van der Waals surface area contributed by atoms with Crippen LogP contribution < -0.4 is 11.1 Å². The fourth-order valence-corrected chi connectivity index (χ4v) is 2.11. The number of fused-ring (bicyclic) bond motifs is 1. The van der Waals surface area contributed by atoms with E-state index < -0.39 is 5.76 Å². The number of benzene rings is 1. The van der Waals surface area contributed by atoms with Crippen LogP contribution in [0.1, 0.15) is 17.2 Å². The molecule has 0 aliphatic carbocycles. The molecule has 0 aliphatic heterocycles. The predicted octanol–water partition coefficient (Wildman–Crippen LogP) is 2.02. The van der Waals surface area contributed by atoms with E-state index in [-0.39, 0.29) is 6.04 Å². The summed E-state index contributed by atoms with van der Waals surface area (Å²) < 4.78 is 10.1. The zero-order chi connectivity index (χ0) is 12.5. The maximum Gasteiger partial charge on any atom is 0.417 e. The van der Waals surface area contributed by atoms with Crippen LogP contribution in [0, 0.1) is 0 Å². The maximum atomic E-state index is 11.1. The average molecular weight is 244 g/mol. The molecular weight excluding hydrogens is 232 g/mol. The van der Waals surface area contributed by atoms with E-state index in [1.165, 1.54) is 0 Å². The summed E-state index contributed by atoms with van der Waals surface area (Å²) in [6.45, 7) is 0. The highest BCUT2D eigenvalue weighted by atomic mass is 16.4. The van der Waals surface area contributed by atoms with Crippen LogP contribution in [-0.4, -0.2) is 12.0 Å². The summed E-state index contributed by atoms with van der Waals surface area (Å²) in [6, 6.07) is 7.54. The Kier molecular flexibility index (Phi) is 2.53. The summed E-state index contributed by atoms with van der Waals surface area (Å²) >= 11 is 0. The van der Waals surface area contributed by atoms with Crippen molar-refractivity contribution in [3.63, 3.8) is 0 Å². The number of oxazole rings is 1. The standard InChI is InChI=1S/C13H12N2O3/c1-14-12(9-4-5-17-7-9)8-2-3-10-11(6-8)18-13(16)15-10/h2-7,12,14H,1H3,(H,15,16). The van der Waals surface area contributed by atoms with Crippen molar-refractivity contribution in [3.8, 4) is 0 Å². The van der Waals surface area contributed by atoms with E-state index in [2.05, 4.69) is 10.3 Å². The van der Waals surface area contributed by atoms with Crippen molar-refractivity contribution in [2.24, 2.45) is 0 Å². The summed E-state index contributed by atoms with van der Waals surface area (Å²) in [4.78, 5) is 13.7. The van der Waals surface area contributed by atoms with Crippen molar-refractivity contribution in [2.75, 3.05) is 7.05 Å². The van der Waals surface area contributed by atoms with Crippen LogP contribution >= 0.6 is 0 Å². The number of aromatic nitrogens is 1. The summed E-state index contributed by atoms with van der Waals surface area (Å²) in [6.07, 6.45) is 3.33. The molecule has 0 aliphatic rings. The van der Waals surface area contributed by atoms with Crippen LogP contribution in [-0.2, 0) is 0 Å². The highest BCUT2D eigenvalue weighted by Crippen LogP contribution is 2.24. The Bertz CT molecular complexity index is 709. The Morgan fingerprint density at radius 1 is 1.28 bits per heavy atom. The number of hydrogen-bond acceptors (Lipinski definition) is 4. The molecule has 0 saturated carbocycles. The Balaban J connectivity index is 2.09. The van der Waals surface area contributed by atoms with Crippen LogP contribution in [0.3, 0.4) is 0 Å². The van der Waals surface area contributed by atoms with Gasteiger partial charge in [-0.05, 0) is 30.8 Å². The first-order valence-electron chi connectivity index (χ1n) is 5.60. The van der Waals surface area contributed by atoms with Gasteiger partial charge >= 0.3 is 5.76 Å². The lowest BCUT2D eigenvalue weighted by Crippen LogP contribution is -2.16. The average Bonchev–Trinajstić information content (AvgIpc) is 2.97. The van der Waals surface area contributed by atoms with Crippen molar-refractivity contribution in [2.45, 2.75) is 6.04 Å². The molecule has 0 amide bonds. The zero-order valence-electron chi connectivity index (χ0n) is 9.77. The molecule has 18 heavy (non-hydrogen) atoms. The Morgan fingerprint density at radius 3 is 2.89 bits per heavy atom. The second-order valence-corrected chi connectivity index (χ2v) is 4.05. The smallest absolute Gasteiger partial charge is 0.417 e. The van der Waals surface area contributed by atoms with E-state index in [0.717, 1.165) is 11.1 Å². The van der Waals surface area contributed by atoms with Crippen LogP contribution in [0.15, 0.2) is 50.4 Å². The molecule has 2 heterocycles. The summed E-state index contributed by atoms with van der Waals surface area (Å²) in [7, 11) is 1.87. The predicted molar refractivity (Wildman–Crippen MR) is 66.4 cm³/mol. The van der Waals surface area contributed by atoms with Crippen LogP contribution in [0.4, 0.5) is 0 Å². The minimum Gasteiger partial charge on any atom is -0.472 e. The monoisotopic (exact) mass is 244 g/mol. The van der Waals surface area contributed by atoms with E-state index in [9.17, 15) is 4.79 Å². The van der Waals surface area contributed by atoms with E-state index in [0.29, 0.717) is 11.1 Å². The van der Waals surface area contributed by atoms with Gasteiger partial charge in [-0.1, -0.05) is 6.07 Å². The second kappa shape index (κ2) is 4.19. The fourth-order valence-electron chi connectivity index (χ4n) is 2.11. The first-order chi connectivity index (χ1) is 8.78. The third-order valence-corrected chi connectivity index (χ3v) is 2.94. The molecule has 92 valence electrons. The molecule has 5 nitrogen and oxygen atoms in total. The first-order valence-corrected chi connectivity index (χ1v) is 5.60. The molecule has 5 heteroatoms. The van der Waals surface area contributed by atoms with Crippen molar-refractivity contribution in [3.05, 3.63) is 58.5 Å². The van der Waals surface area contributed by atoms with E-state index in [1.807, 2.05) is 31.3 Å². The lowest BCUT2D eigenvalue weighted by molar-refractivity contribution is 0.552. The minimum absolute atomic E-state index is 0.00773. The molecule has 0 bridgehead atoms. The van der Waals surface area contributed by atoms with Crippen LogP contribution in [0.5, 0.6) is 0 Å². The van der Waals surface area contributed by atoms with Crippen LogP contribution in [0.2, 0.25) is 0 Å². The second-order valence-electron chi connectivity index (χ2n) is 4.05. The van der Waals surface area contributed by atoms with Crippen molar-refractivity contribution >= 4 is 11.1 Å². The van der Waals surface area contributed by atoms with Crippen molar-refractivity contribution in [1.82, 2.24) is 10.3 Å². The van der Waals surface area contributed by atoms with E-state index in [4.69, 9.17) is 8.83 Å². The summed E-state index contributed by atoms with van der Waals surface area (Å²) in [5, 5.41) is 3.20. The molecule has 1 unspecified atom stereocenters. The molecule has 1 atom stereocenters. The topological polar surface area (TPSA) is 71.2 Å². The van der Waals surface area contributed by atoms with Gasteiger partial charge in [-0.2, -0.15) is 0 Å². The molecular formula is C13H12N2O3. The van der Waals surface area contributed by atoms with Crippen molar-refractivity contribution in [1.29, 1.82) is 0 Å². The Labute approximate surface area is 102 Å². The summed E-state index contributed by atoms with van der Waals surface area (Å²) in [5.74, 6) is -0.438. The third kappa shape index (κ3) is 1.74. The van der Waals surface area contributed by atoms with Gasteiger partial charge in [0, 0.05) is 5.56 Å². The molecule has 2 N–H and O–H groups in total. The minimum atomic E-state index is -0.438. The molecule has 1 aromatic carbocycles. The zero-order valence-corrected chi connectivity index (χ0v) is 9.77. The lowest BCUT2D eigenvalue weighted by Gasteiger charge is -2.14. The maximum absolute atomic E-state index is 11.1. The van der Waals surface area contributed by atoms with E-state index in [1.54, 1.807) is 12.5 Å². The van der Waals surface area contributed by atoms with Gasteiger partial charge in [-0.25, -0.2) is 4.79 Å². The number of rotatable bonds is 3. The SMILES string of the molecule is CNC(c1ccoc1)c1ccc2[nH]c(=O)oc2c1. The van der Waals surface area contributed by atoms with Gasteiger partial charge in [0.25, 0.3) is 0 Å². The molecule has 0 saturated heterocycles. The molecule has 0 spiro atoms. The highest BCUT2D eigenvalue weighted by Gasteiger charge is 2.14.